The second-order valence-corrected chi connectivity index (χ2v) is 11.1. The summed E-state index contributed by atoms with van der Waals surface area (Å²) in [5.74, 6) is -1.01. The number of nitrogens with one attached hydrogen (secondary N) is 1. The molecule has 1 N–H and O–H groups in total. The summed E-state index contributed by atoms with van der Waals surface area (Å²) in [6.07, 6.45) is 1.46. The highest BCUT2D eigenvalue weighted by molar-refractivity contribution is 7.92. The molecule has 1 aromatic heterocycles. The lowest BCUT2D eigenvalue weighted by atomic mass is 10.2. The highest BCUT2D eigenvalue weighted by Crippen LogP contribution is 2.32. The van der Waals surface area contributed by atoms with Gasteiger partial charge in [-0.15, -0.1) is 0 Å². The Morgan fingerprint density at radius 2 is 1.71 bits per heavy atom. The summed E-state index contributed by atoms with van der Waals surface area (Å²) in [6.45, 7) is 3.19. The van der Waals surface area contributed by atoms with Crippen LogP contribution in [0.3, 0.4) is 0 Å². The lowest BCUT2D eigenvalue weighted by molar-refractivity contribution is -0.119. The molecule has 0 unspecified atom stereocenters. The van der Waals surface area contributed by atoms with Crippen molar-refractivity contribution in [2.24, 2.45) is 5.10 Å². The molecule has 0 fully saturated rings. The zero-order chi connectivity index (χ0) is 27.4. The first-order valence-corrected chi connectivity index (χ1v) is 13.6. The van der Waals surface area contributed by atoms with Gasteiger partial charge >= 0.3 is 0 Å². The third kappa shape index (κ3) is 5.91. The fraction of sp³-hybridized carbons (Fsp3) is 0.111. The summed E-state index contributed by atoms with van der Waals surface area (Å²) in [6, 6.07) is 20.0. The first-order valence-electron chi connectivity index (χ1n) is 11.4. The molecule has 0 bridgehead atoms. The average molecular weight is 573 g/mol. The highest BCUT2D eigenvalue weighted by Gasteiger charge is 2.28. The van der Waals surface area contributed by atoms with E-state index >= 15 is 0 Å². The molecule has 1 amide bonds. The number of anilines is 1. The minimum Gasteiger partial charge on any atom is -0.318 e. The van der Waals surface area contributed by atoms with Crippen molar-refractivity contribution in [3.05, 3.63) is 112 Å². The average Bonchev–Trinajstić information content (AvgIpc) is 3.16. The summed E-state index contributed by atoms with van der Waals surface area (Å²) in [5, 5.41) is 4.42. The predicted molar refractivity (Wildman–Crippen MR) is 148 cm³/mol. The van der Waals surface area contributed by atoms with Crippen LogP contribution < -0.4 is 9.73 Å². The van der Waals surface area contributed by atoms with Crippen LogP contribution in [0.4, 0.5) is 10.1 Å². The molecule has 0 aliphatic heterocycles. The highest BCUT2D eigenvalue weighted by atomic mass is 35.5. The fourth-order valence-electron chi connectivity index (χ4n) is 3.95. The van der Waals surface area contributed by atoms with E-state index in [1.165, 1.54) is 48.7 Å². The van der Waals surface area contributed by atoms with E-state index in [0.717, 1.165) is 26.9 Å². The standard InChI is InChI=1S/C27H23Cl2FN4O3S/c1-18-14-20(19(2)34(18)23-11-9-22(30)10-12-23)16-31-32-27(35)17-33(26-13-8-21(28)15-25(26)29)38(36,37)24-6-4-3-5-7-24/h3-16H,17H2,1-2H3,(H,32,35)/b31-16-. The molecule has 3 aromatic carbocycles. The van der Waals surface area contributed by atoms with E-state index in [1.807, 2.05) is 24.5 Å². The molecular weight excluding hydrogens is 550 g/mol. The van der Waals surface area contributed by atoms with Crippen molar-refractivity contribution in [3.63, 3.8) is 0 Å². The molecule has 0 radical (unpaired) electrons. The summed E-state index contributed by atoms with van der Waals surface area (Å²) in [5.41, 5.74) is 5.71. The van der Waals surface area contributed by atoms with Gasteiger partial charge < -0.3 is 4.57 Å². The summed E-state index contributed by atoms with van der Waals surface area (Å²) >= 11 is 12.3. The zero-order valence-electron chi connectivity index (χ0n) is 20.4. The van der Waals surface area contributed by atoms with Gasteiger partial charge in [0.2, 0.25) is 0 Å². The summed E-state index contributed by atoms with van der Waals surface area (Å²) in [4.78, 5) is 12.8. The molecule has 0 aliphatic carbocycles. The lowest BCUT2D eigenvalue weighted by Gasteiger charge is -2.24. The van der Waals surface area contributed by atoms with Crippen molar-refractivity contribution in [1.82, 2.24) is 9.99 Å². The van der Waals surface area contributed by atoms with Gasteiger partial charge in [-0.3, -0.25) is 9.10 Å². The van der Waals surface area contributed by atoms with Crippen LogP contribution in [-0.4, -0.2) is 31.7 Å². The van der Waals surface area contributed by atoms with E-state index in [0.29, 0.717) is 5.02 Å². The smallest absolute Gasteiger partial charge is 0.264 e. The van der Waals surface area contributed by atoms with Gasteiger partial charge in [-0.25, -0.2) is 18.2 Å². The van der Waals surface area contributed by atoms with E-state index in [1.54, 1.807) is 30.3 Å². The SMILES string of the molecule is Cc1cc(/C=N\NC(=O)CN(c2ccc(Cl)cc2Cl)S(=O)(=O)c2ccccc2)c(C)n1-c1ccc(F)cc1. The second-order valence-electron chi connectivity index (χ2n) is 8.35. The van der Waals surface area contributed by atoms with Crippen molar-refractivity contribution < 1.29 is 17.6 Å². The first kappa shape index (κ1) is 27.4. The van der Waals surface area contributed by atoms with Crippen LogP contribution in [0.5, 0.6) is 0 Å². The molecular formula is C27H23Cl2FN4O3S. The number of aryl methyl sites for hydroxylation is 1. The molecule has 1 heterocycles. The molecule has 38 heavy (non-hydrogen) atoms. The van der Waals surface area contributed by atoms with Crippen LogP contribution in [0.2, 0.25) is 10.0 Å². The molecule has 0 saturated carbocycles. The van der Waals surface area contributed by atoms with Crippen molar-refractivity contribution in [3.8, 4) is 5.69 Å². The molecule has 0 aliphatic rings. The monoisotopic (exact) mass is 572 g/mol. The van der Waals surface area contributed by atoms with Crippen molar-refractivity contribution in [2.45, 2.75) is 18.7 Å². The van der Waals surface area contributed by atoms with Crippen LogP contribution in [0.25, 0.3) is 5.69 Å². The van der Waals surface area contributed by atoms with E-state index in [-0.39, 0.29) is 21.4 Å². The van der Waals surface area contributed by atoms with Gasteiger partial charge in [0.25, 0.3) is 15.9 Å². The number of sulfonamides is 1. The lowest BCUT2D eigenvalue weighted by Crippen LogP contribution is -2.39. The Hall–Kier alpha value is -3.66. The Morgan fingerprint density at radius 1 is 1.03 bits per heavy atom. The number of benzene rings is 3. The molecule has 7 nitrogen and oxygen atoms in total. The Labute approximate surface area is 230 Å². The summed E-state index contributed by atoms with van der Waals surface area (Å²) < 4.78 is 43.0. The Morgan fingerprint density at radius 3 is 2.37 bits per heavy atom. The minimum atomic E-state index is -4.14. The van der Waals surface area contributed by atoms with E-state index in [9.17, 15) is 17.6 Å². The van der Waals surface area contributed by atoms with Gasteiger partial charge in [-0.1, -0.05) is 41.4 Å². The first-order chi connectivity index (χ1) is 18.1. The third-order valence-corrected chi connectivity index (χ3v) is 8.06. The van der Waals surface area contributed by atoms with Crippen LogP contribution >= 0.6 is 23.2 Å². The zero-order valence-corrected chi connectivity index (χ0v) is 22.7. The van der Waals surface area contributed by atoms with Gasteiger partial charge in [0.05, 0.1) is 21.8 Å². The van der Waals surface area contributed by atoms with Gasteiger partial charge in [-0.2, -0.15) is 5.10 Å². The van der Waals surface area contributed by atoms with Gasteiger partial charge in [0.1, 0.15) is 12.4 Å². The number of nitrogens with zero attached hydrogens (tertiary/aromatic N) is 3. The number of aromatic nitrogens is 1. The number of halogens is 3. The molecule has 196 valence electrons. The van der Waals surface area contributed by atoms with Crippen LogP contribution in [0.15, 0.2) is 88.9 Å². The number of rotatable bonds is 8. The van der Waals surface area contributed by atoms with Gasteiger partial charge in [0.15, 0.2) is 0 Å². The molecule has 11 heteroatoms. The minimum absolute atomic E-state index is 0.00412. The largest absolute Gasteiger partial charge is 0.318 e. The van der Waals surface area contributed by atoms with Crippen molar-refractivity contribution in [1.29, 1.82) is 0 Å². The maximum absolute atomic E-state index is 13.4. The number of hydrogen-bond acceptors (Lipinski definition) is 4. The van der Waals surface area contributed by atoms with E-state index < -0.39 is 22.5 Å². The Bertz CT molecular complexity index is 1610. The van der Waals surface area contributed by atoms with E-state index in [4.69, 9.17) is 23.2 Å². The number of carbonyl (C=O) groups is 1. The van der Waals surface area contributed by atoms with Crippen LogP contribution in [0.1, 0.15) is 17.0 Å². The second kappa shape index (κ2) is 11.4. The Balaban J connectivity index is 1.56. The van der Waals surface area contributed by atoms with Crippen molar-refractivity contribution >= 4 is 51.0 Å². The number of carbonyl (C=O) groups excluding carboxylic acids is 1. The topological polar surface area (TPSA) is 83.8 Å². The molecule has 4 rings (SSSR count). The molecule has 0 spiro atoms. The van der Waals surface area contributed by atoms with Crippen LogP contribution in [-0.2, 0) is 14.8 Å². The third-order valence-electron chi connectivity index (χ3n) is 5.74. The van der Waals surface area contributed by atoms with Gasteiger partial charge in [-0.05, 0) is 74.5 Å². The summed E-state index contributed by atoms with van der Waals surface area (Å²) in [7, 11) is -4.14. The number of hydrazone groups is 1. The quantitative estimate of drug-likeness (QED) is 0.211. The molecule has 0 saturated heterocycles. The number of hydrogen-bond donors (Lipinski definition) is 1. The number of amides is 1. The van der Waals surface area contributed by atoms with Crippen LogP contribution in [0, 0.1) is 19.7 Å². The maximum Gasteiger partial charge on any atom is 0.264 e. The van der Waals surface area contributed by atoms with E-state index in [2.05, 4.69) is 10.5 Å². The maximum atomic E-state index is 13.4. The normalized spacial score (nSPS) is 11.6. The predicted octanol–water partition coefficient (Wildman–Crippen LogP) is 5.89. The fourth-order valence-corrected chi connectivity index (χ4v) is 5.97. The van der Waals surface area contributed by atoms with Gasteiger partial charge in [0, 0.05) is 27.7 Å². The van der Waals surface area contributed by atoms with Crippen molar-refractivity contribution in [2.75, 3.05) is 10.8 Å². The molecule has 0 atom stereocenters. The Kier molecular flexibility index (Phi) is 8.20. The molecule has 4 aromatic rings.